The minimum absolute atomic E-state index is 0.164. The summed E-state index contributed by atoms with van der Waals surface area (Å²) in [5.41, 5.74) is -0.298. The topological polar surface area (TPSA) is 154 Å². The molecule has 4 rings (SSSR count). The van der Waals surface area contributed by atoms with Gasteiger partial charge in [0, 0.05) is 25.2 Å². The number of likely N-dealkylation sites (N-methyl/N-ethyl adjacent to an activating group) is 1. The molecule has 47 heavy (non-hydrogen) atoms. The van der Waals surface area contributed by atoms with Gasteiger partial charge in [0.25, 0.3) is 14.0 Å². The highest BCUT2D eigenvalue weighted by atomic mass is 32.2. The Balaban J connectivity index is 1.63. The predicted molar refractivity (Wildman–Crippen MR) is 179 cm³/mol. The lowest BCUT2D eigenvalue weighted by molar-refractivity contribution is -0.384. The Morgan fingerprint density at radius 3 is 1.94 bits per heavy atom. The van der Waals surface area contributed by atoms with Gasteiger partial charge in [-0.05, 0) is 34.6 Å². The zero-order valence-corrected chi connectivity index (χ0v) is 28.4. The maximum atomic E-state index is 13.3. The summed E-state index contributed by atoms with van der Waals surface area (Å²) in [6.45, 7) is 6.16. The SMILES string of the molecule is CN1CC(=O)OB(C(C#CCCO[Si](c2ccccc2)(c2ccccc2)C(C)(C)C)NS(=O)(=O)c2ccc([N+](=O)[O-])cc2)OC(=O)C1. The third-order valence-electron chi connectivity index (χ3n) is 7.43. The third kappa shape index (κ3) is 8.73. The molecule has 0 saturated carbocycles. The number of non-ortho nitro benzene ring substituents is 1. The van der Waals surface area contributed by atoms with Crippen LogP contribution >= 0.6 is 0 Å². The minimum atomic E-state index is -4.37. The molecule has 1 unspecified atom stereocenters. The molecule has 0 bridgehead atoms. The van der Waals surface area contributed by atoms with Crippen LogP contribution in [-0.4, -0.2) is 78.3 Å². The second-order valence-electron chi connectivity index (χ2n) is 12.0. The molecule has 3 aromatic rings. The summed E-state index contributed by atoms with van der Waals surface area (Å²) < 4.78 is 46.5. The van der Waals surface area contributed by atoms with Crippen LogP contribution in [0.1, 0.15) is 27.2 Å². The first-order valence-corrected chi connectivity index (χ1v) is 18.2. The second-order valence-corrected chi connectivity index (χ2v) is 18.0. The van der Waals surface area contributed by atoms with E-state index in [0.29, 0.717) is 0 Å². The third-order valence-corrected chi connectivity index (χ3v) is 13.9. The molecule has 1 aliphatic heterocycles. The van der Waals surface area contributed by atoms with Gasteiger partial charge in [-0.1, -0.05) is 93.3 Å². The van der Waals surface area contributed by atoms with E-state index in [0.717, 1.165) is 34.6 Å². The Bertz CT molecular complexity index is 1680. The van der Waals surface area contributed by atoms with Gasteiger partial charge in [-0.2, -0.15) is 4.72 Å². The van der Waals surface area contributed by atoms with Gasteiger partial charge in [0.2, 0.25) is 10.0 Å². The molecule has 1 aliphatic rings. The highest BCUT2D eigenvalue weighted by molar-refractivity contribution is 7.89. The fourth-order valence-electron chi connectivity index (χ4n) is 5.32. The fourth-order valence-corrected chi connectivity index (χ4v) is 11.0. The van der Waals surface area contributed by atoms with Crippen LogP contribution < -0.4 is 15.1 Å². The molecule has 0 radical (unpaired) electrons. The van der Waals surface area contributed by atoms with Crippen molar-refractivity contribution in [1.29, 1.82) is 0 Å². The van der Waals surface area contributed by atoms with Crippen LogP contribution in [0.5, 0.6) is 0 Å². The maximum absolute atomic E-state index is 13.3. The van der Waals surface area contributed by atoms with Gasteiger partial charge in [0.1, 0.15) is 5.94 Å². The molecule has 1 fully saturated rings. The number of nitro benzene ring substituents is 1. The number of nitrogens with one attached hydrogen (secondary N) is 1. The summed E-state index contributed by atoms with van der Waals surface area (Å²) in [5.74, 6) is 2.69. The molecule has 0 aliphatic carbocycles. The Labute approximate surface area is 275 Å². The molecule has 1 saturated heterocycles. The molecule has 15 heteroatoms. The van der Waals surface area contributed by atoms with E-state index in [2.05, 4.69) is 61.6 Å². The van der Waals surface area contributed by atoms with E-state index in [1.54, 1.807) is 0 Å². The molecule has 246 valence electrons. The predicted octanol–water partition coefficient (Wildman–Crippen LogP) is 2.27. The molecular weight excluding hydrogens is 641 g/mol. The number of carbonyl (C=O) groups excluding carboxylic acids is 2. The van der Waals surface area contributed by atoms with Crippen molar-refractivity contribution in [1.82, 2.24) is 9.62 Å². The normalized spacial score (nSPS) is 15.4. The van der Waals surface area contributed by atoms with Crippen LogP contribution in [0.25, 0.3) is 0 Å². The highest BCUT2D eigenvalue weighted by Crippen LogP contribution is 2.36. The Hall–Kier alpha value is -4.33. The van der Waals surface area contributed by atoms with Gasteiger partial charge in [-0.25, -0.2) is 8.42 Å². The minimum Gasteiger partial charge on any atom is -0.497 e. The van der Waals surface area contributed by atoms with E-state index >= 15 is 0 Å². The summed E-state index contributed by atoms with van der Waals surface area (Å²) in [6, 6.07) is 24.3. The van der Waals surface area contributed by atoms with Crippen molar-refractivity contribution in [3.63, 3.8) is 0 Å². The van der Waals surface area contributed by atoms with Gasteiger partial charge >= 0.3 is 19.1 Å². The smallest absolute Gasteiger partial charge is 0.497 e. The Kier molecular flexibility index (Phi) is 11.4. The quantitative estimate of drug-likeness (QED) is 0.111. The van der Waals surface area contributed by atoms with Crippen LogP contribution in [0.3, 0.4) is 0 Å². The zero-order chi connectivity index (χ0) is 34.2. The number of nitrogens with zero attached hydrogens (tertiary/aromatic N) is 2. The van der Waals surface area contributed by atoms with Gasteiger partial charge in [-0.3, -0.25) is 24.6 Å². The molecule has 12 nitrogen and oxygen atoms in total. The summed E-state index contributed by atoms with van der Waals surface area (Å²) >= 11 is 0. The molecule has 1 heterocycles. The molecule has 0 spiro atoms. The average Bonchev–Trinajstić information content (AvgIpc) is 3.01. The maximum Gasteiger partial charge on any atom is 0.631 e. The lowest BCUT2D eigenvalue weighted by Crippen LogP contribution is -2.66. The zero-order valence-electron chi connectivity index (χ0n) is 26.5. The van der Waals surface area contributed by atoms with Gasteiger partial charge < -0.3 is 13.7 Å². The number of hydrogen-bond acceptors (Lipinski definition) is 10. The second kappa shape index (κ2) is 15.1. The summed E-state index contributed by atoms with van der Waals surface area (Å²) in [4.78, 5) is 36.5. The first kappa shape index (κ1) is 35.5. The Morgan fingerprint density at radius 1 is 0.957 bits per heavy atom. The van der Waals surface area contributed by atoms with E-state index in [9.17, 15) is 28.1 Å². The average molecular weight is 678 g/mol. The van der Waals surface area contributed by atoms with E-state index in [1.807, 2.05) is 36.4 Å². The van der Waals surface area contributed by atoms with Crippen LogP contribution in [-0.2, 0) is 33.3 Å². The van der Waals surface area contributed by atoms with Crippen molar-refractivity contribution >= 4 is 53.5 Å². The van der Waals surface area contributed by atoms with Crippen molar-refractivity contribution in [3.8, 4) is 11.8 Å². The van der Waals surface area contributed by atoms with E-state index in [4.69, 9.17) is 13.7 Å². The van der Waals surface area contributed by atoms with Crippen LogP contribution in [0.2, 0.25) is 5.04 Å². The first-order valence-electron chi connectivity index (χ1n) is 14.8. The summed E-state index contributed by atoms with van der Waals surface area (Å²) in [5, 5.41) is 12.9. The van der Waals surface area contributed by atoms with Gasteiger partial charge in [0.05, 0.1) is 22.9 Å². The molecular formula is C32H36BN3O9SSi. The van der Waals surface area contributed by atoms with Crippen molar-refractivity contribution < 1.29 is 36.7 Å². The van der Waals surface area contributed by atoms with Gasteiger partial charge in [-0.15, -0.1) is 0 Å². The van der Waals surface area contributed by atoms with E-state index < -0.39 is 48.3 Å². The van der Waals surface area contributed by atoms with Gasteiger partial charge in [0.15, 0.2) is 0 Å². The highest BCUT2D eigenvalue weighted by Gasteiger charge is 2.50. The number of sulfonamides is 1. The number of nitro groups is 1. The van der Waals surface area contributed by atoms with Crippen LogP contribution in [0.15, 0.2) is 89.8 Å². The van der Waals surface area contributed by atoms with E-state index in [-0.39, 0.29) is 41.7 Å². The van der Waals surface area contributed by atoms with Crippen molar-refractivity contribution in [2.24, 2.45) is 0 Å². The number of hydrogen-bond donors (Lipinski definition) is 1. The van der Waals surface area contributed by atoms with Crippen molar-refractivity contribution in [3.05, 3.63) is 95.0 Å². The molecule has 0 amide bonds. The first-order chi connectivity index (χ1) is 22.2. The molecule has 1 N–H and O–H groups in total. The molecule has 0 aromatic heterocycles. The molecule has 1 atom stereocenters. The van der Waals surface area contributed by atoms with Crippen molar-refractivity contribution in [2.75, 3.05) is 26.7 Å². The fraction of sp³-hybridized carbons (Fsp3) is 0.312. The summed E-state index contributed by atoms with van der Waals surface area (Å²) in [6.07, 6.45) is 0.164. The number of benzene rings is 3. The standard InChI is InChI=1S/C32H36BN3O9SSi/c1-32(2,3)47(27-13-7-5-8-14-27,28-15-9-6-10-16-28)43-22-12-11-17-29(33-44-30(37)23-35(4)24-31(38)45-33)34-46(41,42)26-20-18-25(19-21-26)36(39)40/h5-10,13-16,18-21,29,34H,12,22-24H2,1-4H3. The molecule has 3 aromatic carbocycles. The van der Waals surface area contributed by atoms with Crippen LogP contribution in [0, 0.1) is 22.0 Å². The van der Waals surface area contributed by atoms with Crippen molar-refractivity contribution in [2.45, 2.75) is 43.1 Å². The lowest BCUT2D eigenvalue weighted by atomic mass is 9.78. The Morgan fingerprint density at radius 2 is 1.47 bits per heavy atom. The monoisotopic (exact) mass is 677 g/mol. The number of carbonyl (C=O) groups is 2. The largest absolute Gasteiger partial charge is 0.631 e. The summed E-state index contributed by atoms with van der Waals surface area (Å²) in [7, 11) is -7.39. The lowest BCUT2D eigenvalue weighted by Gasteiger charge is -2.43. The van der Waals surface area contributed by atoms with E-state index in [1.165, 1.54) is 11.9 Å². The number of rotatable bonds is 10. The van der Waals surface area contributed by atoms with Crippen LogP contribution in [0.4, 0.5) is 5.69 Å².